The molecule has 2 bridgehead atoms. The van der Waals surface area contributed by atoms with E-state index in [2.05, 4.69) is 55.5 Å². The Hall–Kier alpha value is -1.91. The van der Waals surface area contributed by atoms with Crippen LogP contribution in [0.25, 0.3) is 0 Å². The minimum atomic E-state index is -0.365. The fraction of sp³-hybridized carbons (Fsp3) is 0.621. The lowest BCUT2D eigenvalue weighted by Gasteiger charge is -2.38. The number of fused-ring (bicyclic) bond motifs is 2. The molecule has 0 spiro atoms. The first kappa shape index (κ1) is 25.7. The van der Waals surface area contributed by atoms with Crippen molar-refractivity contribution in [2.75, 3.05) is 13.7 Å². The molecule has 0 unspecified atom stereocenters. The van der Waals surface area contributed by atoms with Gasteiger partial charge in [-0.1, -0.05) is 80.8 Å². The average Bonchev–Trinajstić information content (AvgIpc) is 3.36. The highest BCUT2D eigenvalue weighted by molar-refractivity contribution is 5.69. The molecule has 33 heavy (non-hydrogen) atoms. The molecule has 2 aliphatic rings. The molecule has 1 aliphatic heterocycles. The van der Waals surface area contributed by atoms with Gasteiger partial charge in [0.15, 0.2) is 0 Å². The van der Waals surface area contributed by atoms with Crippen LogP contribution in [0.15, 0.2) is 54.6 Å². The van der Waals surface area contributed by atoms with Crippen molar-refractivity contribution >= 4 is 5.97 Å². The quantitative estimate of drug-likeness (QED) is 0.212. The van der Waals surface area contributed by atoms with Crippen molar-refractivity contribution in [2.24, 2.45) is 17.3 Å². The largest absolute Gasteiger partial charge is 0.469 e. The van der Waals surface area contributed by atoms with Crippen molar-refractivity contribution in [3.63, 3.8) is 0 Å². The van der Waals surface area contributed by atoms with Crippen LogP contribution in [0, 0.1) is 17.3 Å². The Labute approximate surface area is 200 Å². The molecule has 0 aromatic heterocycles. The Morgan fingerprint density at radius 2 is 2.06 bits per heavy atom. The number of allylic oxidation sites excluding steroid dienone is 2. The predicted octanol–water partition coefficient (Wildman–Crippen LogP) is 6.04. The number of methoxy groups -OCH3 is 1. The Morgan fingerprint density at radius 3 is 2.82 bits per heavy atom. The van der Waals surface area contributed by atoms with Crippen molar-refractivity contribution < 1.29 is 19.4 Å². The SMILES string of the molecule is CCCCC[C@@H](O)/C=C/[C@@H]1[C@@H](C/C=C\CCCC(=O)OC)[C@@]2(Cc3ccccc3)CO[C@@H]1C2. The standard InChI is InChI=1S/C29H42O4/c1-3-4-8-15-24(30)18-19-25-26(16-11-5-6-12-17-28(31)32-2)29(21-27(25)33-22-29)20-23-13-9-7-10-14-23/h5,7,9-11,13-14,18-19,24-27,30H,3-4,6,8,12,15-17,20-22H2,1-2H3/b11-5-,19-18+/t24-,25-,26-,27-,29-/m1/s1. The molecule has 4 heteroatoms. The fourth-order valence-electron chi connectivity index (χ4n) is 5.67. The minimum absolute atomic E-state index is 0.141. The zero-order valence-electron chi connectivity index (χ0n) is 20.5. The van der Waals surface area contributed by atoms with Crippen LogP contribution in [-0.4, -0.2) is 37.0 Å². The predicted molar refractivity (Wildman–Crippen MR) is 133 cm³/mol. The number of carbonyl (C=O) groups is 1. The summed E-state index contributed by atoms with van der Waals surface area (Å²) in [5.41, 5.74) is 1.52. The van der Waals surface area contributed by atoms with Gasteiger partial charge < -0.3 is 14.6 Å². The summed E-state index contributed by atoms with van der Waals surface area (Å²) < 4.78 is 11.0. The smallest absolute Gasteiger partial charge is 0.305 e. The normalized spacial score (nSPS) is 27.5. The van der Waals surface area contributed by atoms with E-state index in [9.17, 15) is 9.90 Å². The summed E-state index contributed by atoms with van der Waals surface area (Å²) in [7, 11) is 1.44. The average molecular weight is 455 g/mol. The number of hydrogen-bond acceptors (Lipinski definition) is 4. The second-order valence-electron chi connectivity index (χ2n) is 9.89. The number of aliphatic hydroxyl groups excluding tert-OH is 1. The van der Waals surface area contributed by atoms with Crippen LogP contribution in [-0.2, 0) is 20.7 Å². The van der Waals surface area contributed by atoms with Crippen LogP contribution in [0.1, 0.15) is 70.3 Å². The topological polar surface area (TPSA) is 55.8 Å². The van der Waals surface area contributed by atoms with Gasteiger partial charge in [-0.3, -0.25) is 4.79 Å². The molecule has 4 nitrogen and oxygen atoms in total. The van der Waals surface area contributed by atoms with Gasteiger partial charge in [0, 0.05) is 17.8 Å². The van der Waals surface area contributed by atoms with Crippen molar-refractivity contribution in [1.82, 2.24) is 0 Å². The second-order valence-corrected chi connectivity index (χ2v) is 9.89. The van der Waals surface area contributed by atoms with Crippen molar-refractivity contribution in [3.8, 4) is 0 Å². The number of carbonyl (C=O) groups excluding carboxylic acids is 1. The number of ether oxygens (including phenoxy) is 2. The molecule has 2 fully saturated rings. The fourth-order valence-corrected chi connectivity index (χ4v) is 5.67. The molecule has 1 aromatic rings. The Morgan fingerprint density at radius 1 is 1.24 bits per heavy atom. The van der Waals surface area contributed by atoms with Crippen molar-refractivity contribution in [1.29, 1.82) is 0 Å². The van der Waals surface area contributed by atoms with E-state index in [0.29, 0.717) is 18.3 Å². The van der Waals surface area contributed by atoms with E-state index in [1.165, 1.54) is 25.5 Å². The number of esters is 1. The van der Waals surface area contributed by atoms with E-state index in [4.69, 9.17) is 9.47 Å². The third-order valence-corrected chi connectivity index (χ3v) is 7.47. The van der Waals surface area contributed by atoms with Gasteiger partial charge in [-0.15, -0.1) is 0 Å². The minimum Gasteiger partial charge on any atom is -0.469 e. The highest BCUT2D eigenvalue weighted by atomic mass is 16.5. The summed E-state index contributed by atoms with van der Waals surface area (Å²) in [5.74, 6) is 0.688. The maximum atomic E-state index is 11.3. The van der Waals surface area contributed by atoms with Gasteiger partial charge in [0.1, 0.15) is 0 Å². The zero-order chi connectivity index (χ0) is 23.5. The molecule has 5 atom stereocenters. The number of hydrogen-bond donors (Lipinski definition) is 1. The summed E-state index contributed by atoms with van der Waals surface area (Å²) in [6.45, 7) is 3.01. The molecular weight excluding hydrogens is 412 g/mol. The molecule has 1 aromatic carbocycles. The Balaban J connectivity index is 1.66. The Kier molecular flexibility index (Phi) is 10.2. The molecule has 3 rings (SSSR count). The van der Waals surface area contributed by atoms with Crippen LogP contribution >= 0.6 is 0 Å². The third-order valence-electron chi connectivity index (χ3n) is 7.47. The lowest BCUT2D eigenvalue weighted by Crippen LogP contribution is -2.37. The van der Waals surface area contributed by atoms with E-state index in [1.54, 1.807) is 0 Å². The van der Waals surface area contributed by atoms with Crippen LogP contribution < -0.4 is 0 Å². The highest BCUT2D eigenvalue weighted by Gasteiger charge is 2.57. The van der Waals surface area contributed by atoms with Gasteiger partial charge in [-0.05, 0) is 50.0 Å². The summed E-state index contributed by atoms with van der Waals surface area (Å²) in [6.07, 6.45) is 18.2. The molecule has 1 saturated carbocycles. The van der Waals surface area contributed by atoms with Crippen LogP contribution in [0.2, 0.25) is 0 Å². The van der Waals surface area contributed by atoms with Gasteiger partial charge in [-0.2, -0.15) is 0 Å². The zero-order valence-corrected chi connectivity index (χ0v) is 20.5. The molecule has 1 saturated heterocycles. The molecule has 0 amide bonds. The van der Waals surface area contributed by atoms with E-state index in [-0.39, 0.29) is 23.6 Å². The van der Waals surface area contributed by atoms with E-state index < -0.39 is 0 Å². The Bertz CT molecular complexity index is 771. The van der Waals surface area contributed by atoms with Crippen LogP contribution in [0.3, 0.4) is 0 Å². The van der Waals surface area contributed by atoms with E-state index >= 15 is 0 Å². The van der Waals surface area contributed by atoms with Crippen molar-refractivity contribution in [2.45, 2.75) is 83.3 Å². The molecular formula is C29H42O4. The lowest BCUT2D eigenvalue weighted by atomic mass is 9.70. The first-order valence-corrected chi connectivity index (χ1v) is 12.8. The van der Waals surface area contributed by atoms with Crippen LogP contribution in [0.4, 0.5) is 0 Å². The van der Waals surface area contributed by atoms with Crippen LogP contribution in [0.5, 0.6) is 0 Å². The molecule has 1 aliphatic carbocycles. The number of rotatable bonds is 14. The summed E-state index contributed by atoms with van der Waals surface area (Å²) in [4.78, 5) is 11.3. The molecule has 0 radical (unpaired) electrons. The number of unbranched alkanes of at least 4 members (excludes halogenated alkanes) is 3. The lowest BCUT2D eigenvalue weighted by molar-refractivity contribution is -0.140. The van der Waals surface area contributed by atoms with Gasteiger partial charge in [0.25, 0.3) is 0 Å². The number of benzene rings is 1. The first-order chi connectivity index (χ1) is 16.1. The molecule has 182 valence electrons. The third kappa shape index (κ3) is 7.28. The van der Waals surface area contributed by atoms with Gasteiger partial charge in [0.2, 0.25) is 0 Å². The summed E-state index contributed by atoms with van der Waals surface area (Å²) in [6, 6.07) is 10.8. The molecule has 1 heterocycles. The molecule has 1 N–H and O–H groups in total. The summed E-state index contributed by atoms with van der Waals surface area (Å²) in [5, 5.41) is 10.5. The van der Waals surface area contributed by atoms with E-state index in [0.717, 1.165) is 51.6 Å². The number of aliphatic hydroxyl groups is 1. The highest BCUT2D eigenvalue weighted by Crippen LogP contribution is 2.57. The van der Waals surface area contributed by atoms with Gasteiger partial charge in [-0.25, -0.2) is 0 Å². The monoisotopic (exact) mass is 454 g/mol. The van der Waals surface area contributed by atoms with Crippen molar-refractivity contribution in [3.05, 3.63) is 60.2 Å². The summed E-state index contributed by atoms with van der Waals surface area (Å²) >= 11 is 0. The second kappa shape index (κ2) is 13.1. The first-order valence-electron chi connectivity index (χ1n) is 12.8. The van der Waals surface area contributed by atoms with Gasteiger partial charge >= 0.3 is 5.97 Å². The maximum Gasteiger partial charge on any atom is 0.305 e. The van der Waals surface area contributed by atoms with E-state index in [1.807, 2.05) is 6.08 Å². The maximum absolute atomic E-state index is 11.3. The van der Waals surface area contributed by atoms with Gasteiger partial charge in [0.05, 0.1) is 25.9 Å².